The predicted molar refractivity (Wildman–Crippen MR) is 83.3 cm³/mol. The Hall–Kier alpha value is -0.610. The van der Waals surface area contributed by atoms with Crippen LogP contribution in [0.3, 0.4) is 0 Å². The van der Waals surface area contributed by atoms with Crippen molar-refractivity contribution < 1.29 is 14.3 Å². The number of hydrogen-bond acceptors (Lipinski definition) is 4. The predicted octanol–water partition coefficient (Wildman–Crippen LogP) is 3.14. The van der Waals surface area contributed by atoms with Gasteiger partial charge in [-0.2, -0.15) is 0 Å². The fraction of sp³-hybridized carbons (Fsp3) is 0.941. The molecule has 4 heteroatoms. The van der Waals surface area contributed by atoms with E-state index in [4.69, 9.17) is 9.47 Å². The van der Waals surface area contributed by atoms with Gasteiger partial charge in [0.1, 0.15) is 0 Å². The molecule has 1 atom stereocenters. The number of carbonyl (C=O) groups is 1. The maximum atomic E-state index is 11.7. The van der Waals surface area contributed by atoms with Gasteiger partial charge < -0.3 is 9.47 Å². The second-order valence-electron chi connectivity index (χ2n) is 6.85. The number of esters is 1. The lowest BCUT2D eigenvalue weighted by Crippen LogP contribution is -2.42. The molecule has 0 bridgehead atoms. The van der Waals surface area contributed by atoms with Gasteiger partial charge in [-0.1, -0.05) is 19.3 Å². The van der Waals surface area contributed by atoms with Gasteiger partial charge in [-0.3, -0.25) is 9.69 Å². The molecule has 0 radical (unpaired) electrons. The maximum absolute atomic E-state index is 11.7. The lowest BCUT2D eigenvalue weighted by atomic mass is 9.83. The summed E-state index contributed by atoms with van der Waals surface area (Å²) in [6.45, 7) is 7.78. The van der Waals surface area contributed by atoms with Gasteiger partial charge >= 0.3 is 5.97 Å². The van der Waals surface area contributed by atoms with E-state index < -0.39 is 0 Å². The van der Waals surface area contributed by atoms with Gasteiger partial charge in [-0.25, -0.2) is 0 Å². The Balaban J connectivity index is 1.85. The molecule has 0 aromatic rings. The molecule has 1 saturated heterocycles. The fourth-order valence-electron chi connectivity index (χ4n) is 3.68. The molecule has 1 saturated carbocycles. The molecule has 122 valence electrons. The van der Waals surface area contributed by atoms with Crippen molar-refractivity contribution in [1.29, 1.82) is 0 Å². The van der Waals surface area contributed by atoms with Crippen molar-refractivity contribution in [3.63, 3.8) is 0 Å². The Kier molecular flexibility index (Phi) is 6.06. The van der Waals surface area contributed by atoms with Crippen LogP contribution in [0.15, 0.2) is 0 Å². The van der Waals surface area contributed by atoms with Crippen molar-refractivity contribution in [2.24, 2.45) is 0 Å². The first-order valence-corrected chi connectivity index (χ1v) is 8.62. The molecular weight excluding hydrogens is 266 g/mol. The van der Waals surface area contributed by atoms with Crippen molar-refractivity contribution in [2.45, 2.75) is 83.5 Å². The van der Waals surface area contributed by atoms with E-state index in [2.05, 4.69) is 18.7 Å². The lowest BCUT2D eigenvalue weighted by molar-refractivity contribution is -0.145. The molecule has 0 amide bonds. The zero-order valence-corrected chi connectivity index (χ0v) is 13.9. The highest BCUT2D eigenvalue weighted by molar-refractivity contribution is 5.71. The molecule has 0 aromatic heterocycles. The summed E-state index contributed by atoms with van der Waals surface area (Å²) in [5.74, 6) is -0.128. The van der Waals surface area contributed by atoms with Gasteiger partial charge in [0.05, 0.1) is 24.9 Å². The Labute approximate surface area is 129 Å². The van der Waals surface area contributed by atoms with Crippen molar-refractivity contribution in [1.82, 2.24) is 4.90 Å². The van der Waals surface area contributed by atoms with E-state index in [1.165, 1.54) is 38.5 Å². The molecule has 0 N–H and O–H groups in total. The third-order valence-corrected chi connectivity index (χ3v) is 4.91. The van der Waals surface area contributed by atoms with Crippen LogP contribution in [0, 0.1) is 0 Å². The summed E-state index contributed by atoms with van der Waals surface area (Å²) in [5, 5.41) is 0. The molecule has 1 aliphatic carbocycles. The molecule has 2 fully saturated rings. The normalized spacial score (nSPS) is 24.9. The monoisotopic (exact) mass is 297 g/mol. The highest BCUT2D eigenvalue weighted by Gasteiger charge is 2.41. The van der Waals surface area contributed by atoms with E-state index in [0.717, 1.165) is 13.0 Å². The van der Waals surface area contributed by atoms with Crippen molar-refractivity contribution in [2.75, 3.05) is 19.7 Å². The van der Waals surface area contributed by atoms with Crippen LogP contribution in [0.2, 0.25) is 0 Å². The Morgan fingerprint density at radius 2 is 2.00 bits per heavy atom. The first-order valence-electron chi connectivity index (χ1n) is 8.62. The molecule has 4 nitrogen and oxygen atoms in total. The quantitative estimate of drug-likeness (QED) is 0.706. The minimum atomic E-state index is -0.128. The Morgan fingerprint density at radius 3 is 2.62 bits per heavy atom. The van der Waals surface area contributed by atoms with Crippen LogP contribution in [-0.2, 0) is 14.3 Å². The zero-order chi connectivity index (χ0) is 15.3. The van der Waals surface area contributed by atoms with Gasteiger partial charge in [-0.15, -0.1) is 0 Å². The van der Waals surface area contributed by atoms with Gasteiger partial charge in [0.15, 0.2) is 0 Å². The van der Waals surface area contributed by atoms with Gasteiger partial charge in [0.2, 0.25) is 0 Å². The van der Waals surface area contributed by atoms with E-state index in [1.807, 2.05) is 6.92 Å². The number of carbonyl (C=O) groups excluding carboxylic acids is 1. The van der Waals surface area contributed by atoms with Crippen molar-refractivity contribution >= 4 is 5.97 Å². The SMILES string of the molecule is CCOC(=O)CN(CC1CCC2(CCCCC2)O1)C(C)C. The summed E-state index contributed by atoms with van der Waals surface area (Å²) in [6.07, 6.45) is 9.03. The zero-order valence-electron chi connectivity index (χ0n) is 13.9. The number of hydrogen-bond donors (Lipinski definition) is 0. The third kappa shape index (κ3) is 4.68. The Morgan fingerprint density at radius 1 is 1.29 bits per heavy atom. The van der Waals surface area contributed by atoms with Crippen LogP contribution in [-0.4, -0.2) is 48.3 Å². The average molecular weight is 297 g/mol. The summed E-state index contributed by atoms with van der Waals surface area (Å²) in [7, 11) is 0. The summed E-state index contributed by atoms with van der Waals surface area (Å²) < 4.78 is 11.5. The number of rotatable bonds is 6. The fourth-order valence-corrected chi connectivity index (χ4v) is 3.68. The lowest BCUT2D eigenvalue weighted by Gasteiger charge is -2.34. The number of ether oxygens (including phenoxy) is 2. The third-order valence-electron chi connectivity index (χ3n) is 4.91. The second kappa shape index (κ2) is 7.59. The number of nitrogens with zero attached hydrogens (tertiary/aromatic N) is 1. The molecule has 0 aromatic carbocycles. The van der Waals surface area contributed by atoms with Gasteiger partial charge in [0.25, 0.3) is 0 Å². The van der Waals surface area contributed by atoms with Crippen LogP contribution < -0.4 is 0 Å². The highest BCUT2D eigenvalue weighted by Crippen LogP contribution is 2.42. The van der Waals surface area contributed by atoms with Crippen LogP contribution in [0.4, 0.5) is 0 Å². The summed E-state index contributed by atoms with van der Waals surface area (Å²) in [6, 6.07) is 0.334. The summed E-state index contributed by atoms with van der Waals surface area (Å²) in [4.78, 5) is 13.9. The van der Waals surface area contributed by atoms with E-state index in [0.29, 0.717) is 19.2 Å². The van der Waals surface area contributed by atoms with Crippen LogP contribution >= 0.6 is 0 Å². The van der Waals surface area contributed by atoms with E-state index >= 15 is 0 Å². The summed E-state index contributed by atoms with van der Waals surface area (Å²) >= 11 is 0. The first-order chi connectivity index (χ1) is 10.0. The topological polar surface area (TPSA) is 38.8 Å². The van der Waals surface area contributed by atoms with E-state index in [1.54, 1.807) is 0 Å². The van der Waals surface area contributed by atoms with Gasteiger partial charge in [0, 0.05) is 12.6 Å². The second-order valence-corrected chi connectivity index (χ2v) is 6.85. The van der Waals surface area contributed by atoms with Crippen molar-refractivity contribution in [3.05, 3.63) is 0 Å². The van der Waals surface area contributed by atoms with E-state index in [9.17, 15) is 4.79 Å². The average Bonchev–Trinajstić information content (AvgIpc) is 2.81. The molecule has 21 heavy (non-hydrogen) atoms. The standard InChI is InChI=1S/C17H31NO3/c1-4-20-16(19)13-18(14(2)3)12-15-8-11-17(21-15)9-6-5-7-10-17/h14-15H,4-13H2,1-3H3. The van der Waals surface area contributed by atoms with Crippen LogP contribution in [0.25, 0.3) is 0 Å². The molecule has 2 rings (SSSR count). The molecule has 1 spiro atoms. The molecule has 1 aliphatic heterocycles. The van der Waals surface area contributed by atoms with E-state index in [-0.39, 0.29) is 17.7 Å². The van der Waals surface area contributed by atoms with Crippen LogP contribution in [0.1, 0.15) is 65.7 Å². The molecule has 1 unspecified atom stereocenters. The molecule has 1 heterocycles. The minimum Gasteiger partial charge on any atom is -0.465 e. The van der Waals surface area contributed by atoms with Crippen molar-refractivity contribution in [3.8, 4) is 0 Å². The smallest absolute Gasteiger partial charge is 0.320 e. The molecular formula is C17H31NO3. The molecule has 2 aliphatic rings. The largest absolute Gasteiger partial charge is 0.465 e. The van der Waals surface area contributed by atoms with Gasteiger partial charge in [-0.05, 0) is 46.5 Å². The summed E-state index contributed by atoms with van der Waals surface area (Å²) in [5.41, 5.74) is 0.162. The minimum absolute atomic E-state index is 0.128. The first kappa shape index (κ1) is 16.8. The highest BCUT2D eigenvalue weighted by atomic mass is 16.5. The Bertz CT molecular complexity index is 337. The van der Waals surface area contributed by atoms with Crippen LogP contribution in [0.5, 0.6) is 0 Å². The maximum Gasteiger partial charge on any atom is 0.320 e.